The fraction of sp³-hybridized carbons (Fsp3) is 0. The summed E-state index contributed by atoms with van der Waals surface area (Å²) in [5.41, 5.74) is 10.4. The molecule has 3 nitrogen and oxygen atoms in total. The number of aromatic nitrogens is 1. The highest BCUT2D eigenvalue weighted by Crippen LogP contribution is 2.45. The molecule has 0 radical (unpaired) electrons. The lowest BCUT2D eigenvalue weighted by Crippen LogP contribution is -2.11. The first-order valence-corrected chi connectivity index (χ1v) is 15.5. The van der Waals surface area contributed by atoms with E-state index >= 15 is 0 Å². The van der Waals surface area contributed by atoms with E-state index in [0.717, 1.165) is 55.5 Å². The highest BCUT2D eigenvalue weighted by atomic mass is 16.3. The number of furan rings is 1. The summed E-state index contributed by atoms with van der Waals surface area (Å²) in [6.07, 6.45) is 1.83. The predicted molar refractivity (Wildman–Crippen MR) is 192 cm³/mol. The normalized spacial score (nSPS) is 11.5. The van der Waals surface area contributed by atoms with Crippen molar-refractivity contribution in [1.82, 2.24) is 4.98 Å². The summed E-state index contributed by atoms with van der Waals surface area (Å²) in [5, 5.41) is 5.63. The van der Waals surface area contributed by atoms with Crippen LogP contribution in [0.5, 0.6) is 0 Å². The maximum Gasteiger partial charge on any atom is 0.153 e. The lowest BCUT2D eigenvalue weighted by molar-refractivity contribution is 0.672. The Kier molecular flexibility index (Phi) is 6.14. The van der Waals surface area contributed by atoms with E-state index in [2.05, 4.69) is 157 Å². The Balaban J connectivity index is 1.33. The molecule has 0 saturated carbocycles. The summed E-state index contributed by atoms with van der Waals surface area (Å²) in [7, 11) is 0. The Morgan fingerprint density at radius 2 is 1.11 bits per heavy atom. The molecule has 3 heteroatoms. The van der Waals surface area contributed by atoms with Crippen molar-refractivity contribution in [2.75, 3.05) is 4.90 Å². The predicted octanol–water partition coefficient (Wildman–Crippen LogP) is 12.1. The Hall–Kier alpha value is -6.19. The average molecular weight is 589 g/mol. The molecule has 9 aromatic rings. The highest BCUT2D eigenvalue weighted by molar-refractivity contribution is 6.18. The molecular formula is C43H28N2O. The summed E-state index contributed by atoms with van der Waals surface area (Å²) in [6.45, 7) is 0. The molecular weight excluding hydrogens is 560 g/mol. The van der Waals surface area contributed by atoms with Crippen LogP contribution in [0.2, 0.25) is 0 Å². The Labute approximate surface area is 266 Å². The van der Waals surface area contributed by atoms with Gasteiger partial charge in [-0.25, -0.2) is 0 Å². The lowest BCUT2D eigenvalue weighted by atomic mass is 9.97. The van der Waals surface area contributed by atoms with Gasteiger partial charge in [-0.1, -0.05) is 121 Å². The molecule has 0 aliphatic carbocycles. The van der Waals surface area contributed by atoms with Crippen LogP contribution >= 0.6 is 0 Å². The summed E-state index contributed by atoms with van der Waals surface area (Å²) < 4.78 is 6.43. The summed E-state index contributed by atoms with van der Waals surface area (Å²) in [5.74, 6) is 0. The van der Waals surface area contributed by atoms with E-state index in [9.17, 15) is 0 Å². The molecule has 0 atom stereocenters. The maximum absolute atomic E-state index is 6.43. The second kappa shape index (κ2) is 10.8. The van der Waals surface area contributed by atoms with Crippen molar-refractivity contribution in [1.29, 1.82) is 0 Å². The zero-order valence-electron chi connectivity index (χ0n) is 25.0. The zero-order chi connectivity index (χ0) is 30.5. The Morgan fingerprint density at radius 3 is 1.96 bits per heavy atom. The van der Waals surface area contributed by atoms with Crippen molar-refractivity contribution in [2.24, 2.45) is 0 Å². The van der Waals surface area contributed by atoms with Crippen LogP contribution in [0.1, 0.15) is 0 Å². The number of nitrogens with zero attached hydrogens (tertiary/aromatic N) is 2. The molecule has 0 saturated heterocycles. The molecule has 2 heterocycles. The molecule has 2 aromatic heterocycles. The van der Waals surface area contributed by atoms with Gasteiger partial charge in [0.05, 0.1) is 5.69 Å². The largest absolute Gasteiger partial charge is 0.454 e. The van der Waals surface area contributed by atoms with E-state index in [1.807, 2.05) is 18.3 Å². The van der Waals surface area contributed by atoms with Gasteiger partial charge in [0.2, 0.25) is 0 Å². The fourth-order valence-electron chi connectivity index (χ4n) is 6.76. The molecule has 216 valence electrons. The third-order valence-corrected chi connectivity index (χ3v) is 8.87. The molecule has 0 unspecified atom stereocenters. The first-order valence-electron chi connectivity index (χ1n) is 15.5. The van der Waals surface area contributed by atoms with Gasteiger partial charge in [-0.3, -0.25) is 4.98 Å². The van der Waals surface area contributed by atoms with Crippen LogP contribution in [0.3, 0.4) is 0 Å². The fourth-order valence-corrected chi connectivity index (χ4v) is 6.76. The average Bonchev–Trinajstić information content (AvgIpc) is 3.51. The van der Waals surface area contributed by atoms with E-state index in [1.165, 1.54) is 27.5 Å². The number of benzene rings is 7. The van der Waals surface area contributed by atoms with Gasteiger partial charge in [0.15, 0.2) is 5.58 Å². The molecule has 46 heavy (non-hydrogen) atoms. The van der Waals surface area contributed by atoms with Crippen molar-refractivity contribution >= 4 is 60.7 Å². The van der Waals surface area contributed by atoms with Gasteiger partial charge in [0.25, 0.3) is 0 Å². The lowest BCUT2D eigenvalue weighted by Gasteiger charge is -2.28. The van der Waals surface area contributed by atoms with Crippen LogP contribution in [0.15, 0.2) is 174 Å². The van der Waals surface area contributed by atoms with Crippen LogP contribution in [0, 0.1) is 0 Å². The molecule has 0 aliphatic rings. The minimum absolute atomic E-state index is 0.787. The first kappa shape index (κ1) is 26.2. The summed E-state index contributed by atoms with van der Waals surface area (Å²) in [6, 6.07) is 58.0. The first-order chi connectivity index (χ1) is 22.8. The Bertz CT molecular complexity index is 2540. The third kappa shape index (κ3) is 4.33. The van der Waals surface area contributed by atoms with Crippen LogP contribution in [-0.2, 0) is 0 Å². The molecule has 0 fully saturated rings. The smallest absolute Gasteiger partial charge is 0.153 e. The van der Waals surface area contributed by atoms with Crippen LogP contribution < -0.4 is 4.90 Å². The van der Waals surface area contributed by atoms with E-state index in [0.29, 0.717) is 0 Å². The van der Waals surface area contributed by atoms with Crippen LogP contribution in [-0.4, -0.2) is 4.98 Å². The van der Waals surface area contributed by atoms with Gasteiger partial charge in [0.1, 0.15) is 11.1 Å². The number of rotatable bonds is 5. The number of pyridine rings is 1. The van der Waals surface area contributed by atoms with Gasteiger partial charge in [-0.05, 0) is 75.5 Å². The molecule has 0 bridgehead atoms. The summed E-state index contributed by atoms with van der Waals surface area (Å²) >= 11 is 0. The SMILES string of the molecule is c1ccc(-c2cccc(N(c3cccc(-c4cccc5ccccc45)c3)c3cc4c5ncccc5oc4c4ccccc34)c2)cc1. The van der Waals surface area contributed by atoms with E-state index in [4.69, 9.17) is 9.40 Å². The van der Waals surface area contributed by atoms with Gasteiger partial charge in [0, 0.05) is 33.7 Å². The highest BCUT2D eigenvalue weighted by Gasteiger charge is 2.21. The minimum atomic E-state index is 0.787. The molecule has 7 aromatic carbocycles. The molecule has 0 aliphatic heterocycles. The van der Waals surface area contributed by atoms with E-state index < -0.39 is 0 Å². The molecule has 0 spiro atoms. The van der Waals surface area contributed by atoms with Crippen LogP contribution in [0.25, 0.3) is 65.9 Å². The van der Waals surface area contributed by atoms with E-state index in [1.54, 1.807) is 0 Å². The number of anilines is 3. The molecule has 0 N–H and O–H groups in total. The summed E-state index contributed by atoms with van der Waals surface area (Å²) in [4.78, 5) is 7.13. The van der Waals surface area contributed by atoms with Crippen molar-refractivity contribution in [3.8, 4) is 22.3 Å². The topological polar surface area (TPSA) is 29.3 Å². The van der Waals surface area contributed by atoms with Crippen molar-refractivity contribution < 1.29 is 4.42 Å². The van der Waals surface area contributed by atoms with Crippen molar-refractivity contribution in [3.05, 3.63) is 170 Å². The van der Waals surface area contributed by atoms with E-state index in [-0.39, 0.29) is 0 Å². The second-order valence-corrected chi connectivity index (χ2v) is 11.6. The third-order valence-electron chi connectivity index (χ3n) is 8.87. The number of hydrogen-bond acceptors (Lipinski definition) is 3. The standard InChI is InChI=1S/C43H28N2O/c1-2-12-29(13-3-1)31-16-8-18-33(26-31)45(34-19-9-17-32(27-34)36-23-10-15-30-14-4-5-20-35(30)36)40-28-39-42-41(24-11-25-44-42)46-43(39)38-22-7-6-21-37(38)40/h1-28H. The molecule has 0 amide bonds. The maximum atomic E-state index is 6.43. The van der Waals surface area contributed by atoms with Gasteiger partial charge < -0.3 is 9.32 Å². The quantitative estimate of drug-likeness (QED) is 0.200. The molecule has 9 rings (SSSR count). The number of fused-ring (bicyclic) bond motifs is 6. The van der Waals surface area contributed by atoms with Crippen molar-refractivity contribution in [3.63, 3.8) is 0 Å². The van der Waals surface area contributed by atoms with Crippen molar-refractivity contribution in [2.45, 2.75) is 0 Å². The minimum Gasteiger partial charge on any atom is -0.454 e. The number of hydrogen-bond donors (Lipinski definition) is 0. The van der Waals surface area contributed by atoms with Gasteiger partial charge in [-0.2, -0.15) is 0 Å². The van der Waals surface area contributed by atoms with Gasteiger partial charge in [-0.15, -0.1) is 0 Å². The van der Waals surface area contributed by atoms with Crippen LogP contribution in [0.4, 0.5) is 17.1 Å². The van der Waals surface area contributed by atoms with Gasteiger partial charge >= 0.3 is 0 Å². The zero-order valence-corrected chi connectivity index (χ0v) is 25.0. The Morgan fingerprint density at radius 1 is 0.457 bits per heavy atom. The second-order valence-electron chi connectivity index (χ2n) is 11.6. The monoisotopic (exact) mass is 588 g/mol.